The summed E-state index contributed by atoms with van der Waals surface area (Å²) in [5.41, 5.74) is 1.16. The van der Waals surface area contributed by atoms with Crippen molar-refractivity contribution in [1.82, 2.24) is 9.78 Å². The van der Waals surface area contributed by atoms with Gasteiger partial charge in [0, 0.05) is 19.3 Å². The lowest BCUT2D eigenvalue weighted by molar-refractivity contribution is 0.752. The van der Waals surface area contributed by atoms with Crippen LogP contribution < -0.4 is 5.32 Å². The van der Waals surface area contributed by atoms with Crippen LogP contribution in [0, 0.1) is 0 Å². The van der Waals surface area contributed by atoms with E-state index in [2.05, 4.69) is 10.4 Å². The van der Waals surface area contributed by atoms with Gasteiger partial charge in [0.05, 0.1) is 11.9 Å². The summed E-state index contributed by atoms with van der Waals surface area (Å²) in [4.78, 5) is 0. The molecule has 3 heteroatoms. The Morgan fingerprint density at radius 3 is 2.83 bits per heavy atom. The van der Waals surface area contributed by atoms with E-state index in [9.17, 15) is 0 Å². The molecular formula is C9H15N3. The Morgan fingerprint density at radius 2 is 2.25 bits per heavy atom. The molecule has 1 aromatic rings. The molecule has 0 bridgehead atoms. The van der Waals surface area contributed by atoms with Gasteiger partial charge >= 0.3 is 0 Å². The molecule has 66 valence electrons. The second-order valence-corrected chi connectivity index (χ2v) is 3.53. The van der Waals surface area contributed by atoms with Gasteiger partial charge < -0.3 is 5.32 Å². The quantitative estimate of drug-likeness (QED) is 0.723. The highest BCUT2D eigenvalue weighted by molar-refractivity contribution is 5.39. The summed E-state index contributed by atoms with van der Waals surface area (Å²) in [6, 6.07) is 0.689. The third-order valence-corrected chi connectivity index (χ3v) is 2.43. The van der Waals surface area contributed by atoms with Crippen LogP contribution in [0.3, 0.4) is 0 Å². The third kappa shape index (κ3) is 1.60. The van der Waals surface area contributed by atoms with Crippen LogP contribution in [-0.2, 0) is 7.05 Å². The molecule has 0 amide bonds. The summed E-state index contributed by atoms with van der Waals surface area (Å²) in [6.07, 6.45) is 9.29. The van der Waals surface area contributed by atoms with E-state index in [0.717, 1.165) is 5.69 Å². The first-order valence-electron chi connectivity index (χ1n) is 4.60. The van der Waals surface area contributed by atoms with Gasteiger partial charge in [0.1, 0.15) is 0 Å². The monoisotopic (exact) mass is 165 g/mol. The Morgan fingerprint density at radius 1 is 1.50 bits per heavy atom. The summed E-state index contributed by atoms with van der Waals surface area (Å²) in [6.45, 7) is 0. The van der Waals surface area contributed by atoms with E-state index in [-0.39, 0.29) is 0 Å². The number of hydrogen-bond donors (Lipinski definition) is 1. The number of anilines is 1. The highest BCUT2D eigenvalue weighted by Crippen LogP contribution is 2.21. The molecule has 0 spiro atoms. The van der Waals surface area contributed by atoms with E-state index < -0.39 is 0 Å². The van der Waals surface area contributed by atoms with Crippen LogP contribution in [0.25, 0.3) is 0 Å². The van der Waals surface area contributed by atoms with Gasteiger partial charge in [-0.25, -0.2) is 0 Å². The van der Waals surface area contributed by atoms with Gasteiger partial charge in [-0.3, -0.25) is 4.68 Å². The number of hydrogen-bond acceptors (Lipinski definition) is 2. The molecule has 1 aliphatic rings. The first kappa shape index (κ1) is 7.65. The molecule has 12 heavy (non-hydrogen) atoms. The first-order chi connectivity index (χ1) is 5.84. The molecule has 0 aliphatic heterocycles. The molecule has 2 rings (SSSR count). The van der Waals surface area contributed by atoms with Crippen molar-refractivity contribution >= 4 is 5.69 Å². The fraction of sp³-hybridized carbons (Fsp3) is 0.667. The van der Waals surface area contributed by atoms with Crippen LogP contribution in [-0.4, -0.2) is 15.8 Å². The van der Waals surface area contributed by atoms with Gasteiger partial charge in [0.15, 0.2) is 0 Å². The molecular weight excluding hydrogens is 150 g/mol. The van der Waals surface area contributed by atoms with Crippen molar-refractivity contribution in [3.63, 3.8) is 0 Å². The predicted octanol–water partition coefficient (Wildman–Crippen LogP) is 1.77. The highest BCUT2D eigenvalue weighted by atomic mass is 15.3. The third-order valence-electron chi connectivity index (χ3n) is 2.43. The topological polar surface area (TPSA) is 29.9 Å². The summed E-state index contributed by atoms with van der Waals surface area (Å²) in [7, 11) is 1.94. The zero-order valence-electron chi connectivity index (χ0n) is 7.45. The molecule has 0 unspecified atom stereocenters. The van der Waals surface area contributed by atoms with Crippen molar-refractivity contribution in [2.24, 2.45) is 7.05 Å². The van der Waals surface area contributed by atoms with Gasteiger partial charge in [-0.15, -0.1) is 0 Å². The maximum absolute atomic E-state index is 4.11. The maximum atomic E-state index is 4.11. The van der Waals surface area contributed by atoms with Crippen molar-refractivity contribution < 1.29 is 0 Å². The highest BCUT2D eigenvalue weighted by Gasteiger charge is 2.14. The Balaban J connectivity index is 1.94. The normalized spacial score (nSPS) is 18.4. The largest absolute Gasteiger partial charge is 0.380 e. The Kier molecular flexibility index (Phi) is 2.02. The van der Waals surface area contributed by atoms with E-state index in [1.807, 2.05) is 24.1 Å². The van der Waals surface area contributed by atoms with Gasteiger partial charge in [0.2, 0.25) is 0 Å². The van der Waals surface area contributed by atoms with Crippen molar-refractivity contribution in [3.05, 3.63) is 12.4 Å². The molecule has 1 aliphatic carbocycles. The maximum Gasteiger partial charge on any atom is 0.0728 e. The molecule has 0 aromatic carbocycles. The molecule has 0 radical (unpaired) electrons. The van der Waals surface area contributed by atoms with Gasteiger partial charge in [0.25, 0.3) is 0 Å². The fourth-order valence-electron chi connectivity index (χ4n) is 1.80. The van der Waals surface area contributed by atoms with Crippen LogP contribution in [0.5, 0.6) is 0 Å². The average Bonchev–Trinajstić information content (AvgIpc) is 2.63. The molecule has 3 nitrogen and oxygen atoms in total. The second kappa shape index (κ2) is 3.17. The predicted molar refractivity (Wildman–Crippen MR) is 49.1 cm³/mol. The smallest absolute Gasteiger partial charge is 0.0728 e. The number of aryl methyl sites for hydroxylation is 1. The second-order valence-electron chi connectivity index (χ2n) is 3.53. The Bertz CT molecular complexity index is 248. The van der Waals surface area contributed by atoms with Crippen LogP contribution in [0.2, 0.25) is 0 Å². The molecule has 0 saturated heterocycles. The molecule has 1 N–H and O–H groups in total. The molecule has 1 saturated carbocycles. The Hall–Kier alpha value is -0.990. The number of aromatic nitrogens is 2. The molecule has 1 fully saturated rings. The van der Waals surface area contributed by atoms with E-state index in [4.69, 9.17) is 0 Å². The lowest BCUT2D eigenvalue weighted by Crippen LogP contribution is -2.13. The standard InChI is InChI=1S/C9H15N3/c1-12-7-9(6-10-12)11-8-4-2-3-5-8/h6-8,11H,2-5H2,1H3. The molecule has 1 aromatic heterocycles. The van der Waals surface area contributed by atoms with Crippen molar-refractivity contribution in [1.29, 1.82) is 0 Å². The van der Waals surface area contributed by atoms with Gasteiger partial charge in [-0.1, -0.05) is 12.8 Å². The van der Waals surface area contributed by atoms with Crippen molar-refractivity contribution in [2.45, 2.75) is 31.7 Å². The number of rotatable bonds is 2. The SMILES string of the molecule is Cn1cc(NC2CCCC2)cn1. The van der Waals surface area contributed by atoms with Crippen LogP contribution in [0.4, 0.5) is 5.69 Å². The lowest BCUT2D eigenvalue weighted by atomic mass is 10.2. The van der Waals surface area contributed by atoms with Crippen LogP contribution >= 0.6 is 0 Å². The lowest BCUT2D eigenvalue weighted by Gasteiger charge is -2.10. The summed E-state index contributed by atoms with van der Waals surface area (Å²) >= 11 is 0. The van der Waals surface area contributed by atoms with Crippen molar-refractivity contribution in [3.8, 4) is 0 Å². The summed E-state index contributed by atoms with van der Waals surface area (Å²) in [5.74, 6) is 0. The first-order valence-corrected chi connectivity index (χ1v) is 4.60. The van der Waals surface area contributed by atoms with Crippen molar-refractivity contribution in [2.75, 3.05) is 5.32 Å². The van der Waals surface area contributed by atoms with Crippen LogP contribution in [0.1, 0.15) is 25.7 Å². The average molecular weight is 165 g/mol. The minimum atomic E-state index is 0.689. The van der Waals surface area contributed by atoms with Gasteiger partial charge in [-0.05, 0) is 12.8 Å². The zero-order valence-corrected chi connectivity index (χ0v) is 7.45. The number of nitrogens with one attached hydrogen (secondary N) is 1. The fourth-order valence-corrected chi connectivity index (χ4v) is 1.80. The van der Waals surface area contributed by atoms with E-state index in [1.54, 1.807) is 0 Å². The Labute approximate surface area is 72.8 Å². The van der Waals surface area contributed by atoms with E-state index >= 15 is 0 Å². The minimum absolute atomic E-state index is 0.689. The van der Waals surface area contributed by atoms with Gasteiger partial charge in [-0.2, -0.15) is 5.10 Å². The van der Waals surface area contributed by atoms with E-state index in [1.165, 1.54) is 25.7 Å². The minimum Gasteiger partial charge on any atom is -0.380 e. The summed E-state index contributed by atoms with van der Waals surface area (Å²) in [5, 5.41) is 7.59. The number of nitrogens with zero attached hydrogens (tertiary/aromatic N) is 2. The molecule has 0 atom stereocenters. The zero-order chi connectivity index (χ0) is 8.39. The van der Waals surface area contributed by atoms with E-state index in [0.29, 0.717) is 6.04 Å². The summed E-state index contributed by atoms with van der Waals surface area (Å²) < 4.78 is 1.83. The molecule has 1 heterocycles. The van der Waals surface area contributed by atoms with Crippen LogP contribution in [0.15, 0.2) is 12.4 Å².